The van der Waals surface area contributed by atoms with E-state index in [-0.39, 0.29) is 18.2 Å². The number of nitrogens with one attached hydrogen (secondary N) is 2. The van der Waals surface area contributed by atoms with Crippen LogP contribution in [0.3, 0.4) is 0 Å². The maximum atomic E-state index is 11.1. The lowest BCUT2D eigenvalue weighted by molar-refractivity contribution is -0.120. The Labute approximate surface area is 82.6 Å². The highest BCUT2D eigenvalue weighted by Crippen LogP contribution is 1.97. The Balaban J connectivity index is 2.34. The van der Waals surface area contributed by atoms with E-state index < -0.39 is 0 Å². The van der Waals surface area contributed by atoms with Crippen LogP contribution in [0.25, 0.3) is 0 Å². The summed E-state index contributed by atoms with van der Waals surface area (Å²) in [7, 11) is 0. The van der Waals surface area contributed by atoms with Crippen LogP contribution < -0.4 is 11.1 Å². The van der Waals surface area contributed by atoms with E-state index in [2.05, 4.69) is 5.32 Å². The molecule has 4 N–H and O–H groups in total. The van der Waals surface area contributed by atoms with Crippen molar-refractivity contribution in [3.8, 4) is 0 Å². The van der Waals surface area contributed by atoms with Crippen molar-refractivity contribution < 1.29 is 4.79 Å². The van der Waals surface area contributed by atoms with Crippen LogP contribution in [0.2, 0.25) is 0 Å². The predicted octanol–water partition coefficient (Wildman–Crippen LogP) is 0.629. The second-order valence-corrected chi connectivity index (χ2v) is 2.96. The standard InChI is InChI=1S/C10H13N3O/c11-9(12)6-10(14)13-7-8-4-2-1-3-5-8/h1-5H,6-7H2,(H3,11,12)(H,13,14). The number of carbonyl (C=O) groups is 1. The number of rotatable bonds is 4. The van der Waals surface area contributed by atoms with Gasteiger partial charge in [-0.2, -0.15) is 0 Å². The molecule has 0 saturated carbocycles. The normalized spacial score (nSPS) is 9.43. The zero-order valence-corrected chi connectivity index (χ0v) is 7.79. The monoisotopic (exact) mass is 191 g/mol. The zero-order chi connectivity index (χ0) is 10.4. The molecule has 0 aliphatic heterocycles. The first-order chi connectivity index (χ1) is 6.68. The van der Waals surface area contributed by atoms with Crippen molar-refractivity contribution in [1.29, 1.82) is 5.41 Å². The molecule has 1 aromatic carbocycles. The van der Waals surface area contributed by atoms with Crippen LogP contribution in [0.5, 0.6) is 0 Å². The molecular weight excluding hydrogens is 178 g/mol. The van der Waals surface area contributed by atoms with Crippen LogP contribution in [0, 0.1) is 5.41 Å². The van der Waals surface area contributed by atoms with Gasteiger partial charge in [0.2, 0.25) is 5.91 Å². The van der Waals surface area contributed by atoms with Gasteiger partial charge in [0.05, 0.1) is 12.3 Å². The summed E-state index contributed by atoms with van der Waals surface area (Å²) >= 11 is 0. The van der Waals surface area contributed by atoms with Crippen molar-refractivity contribution in [1.82, 2.24) is 5.32 Å². The minimum absolute atomic E-state index is 0.0349. The van der Waals surface area contributed by atoms with E-state index in [9.17, 15) is 4.79 Å². The highest BCUT2D eigenvalue weighted by Gasteiger charge is 2.01. The number of benzene rings is 1. The maximum absolute atomic E-state index is 11.1. The number of hydrogen-bond donors (Lipinski definition) is 3. The van der Waals surface area contributed by atoms with E-state index in [0.717, 1.165) is 5.56 Å². The lowest BCUT2D eigenvalue weighted by Crippen LogP contribution is -2.27. The summed E-state index contributed by atoms with van der Waals surface area (Å²) < 4.78 is 0. The van der Waals surface area contributed by atoms with E-state index in [4.69, 9.17) is 11.1 Å². The summed E-state index contributed by atoms with van der Waals surface area (Å²) in [5, 5.41) is 9.60. The summed E-state index contributed by atoms with van der Waals surface area (Å²) in [6.45, 7) is 0.479. The average molecular weight is 191 g/mol. The van der Waals surface area contributed by atoms with Crippen LogP contribution in [0.15, 0.2) is 30.3 Å². The fourth-order valence-electron chi connectivity index (χ4n) is 1.03. The van der Waals surface area contributed by atoms with E-state index >= 15 is 0 Å². The second-order valence-electron chi connectivity index (χ2n) is 2.96. The Morgan fingerprint density at radius 2 is 2.00 bits per heavy atom. The first kappa shape index (κ1) is 10.2. The van der Waals surface area contributed by atoms with Crippen LogP contribution in [-0.2, 0) is 11.3 Å². The summed E-state index contributed by atoms with van der Waals surface area (Å²) in [5.74, 6) is -0.336. The van der Waals surface area contributed by atoms with E-state index in [1.807, 2.05) is 30.3 Å². The Bertz CT molecular complexity index is 321. The molecule has 0 fully saturated rings. The molecule has 0 aliphatic rings. The van der Waals surface area contributed by atoms with Gasteiger partial charge in [-0.05, 0) is 5.56 Å². The van der Waals surface area contributed by atoms with E-state index in [0.29, 0.717) is 6.54 Å². The van der Waals surface area contributed by atoms with Gasteiger partial charge in [0.1, 0.15) is 0 Å². The lowest BCUT2D eigenvalue weighted by Gasteiger charge is -2.03. The van der Waals surface area contributed by atoms with Crippen LogP contribution >= 0.6 is 0 Å². The molecule has 4 heteroatoms. The molecule has 4 nitrogen and oxygen atoms in total. The maximum Gasteiger partial charge on any atom is 0.227 e. The fraction of sp³-hybridized carbons (Fsp3) is 0.200. The van der Waals surface area contributed by atoms with Crippen molar-refractivity contribution in [3.63, 3.8) is 0 Å². The summed E-state index contributed by atoms with van der Waals surface area (Å²) in [4.78, 5) is 11.1. The molecule has 0 aromatic heterocycles. The topological polar surface area (TPSA) is 79.0 Å². The third-order valence-electron chi connectivity index (χ3n) is 1.68. The highest BCUT2D eigenvalue weighted by atomic mass is 16.1. The summed E-state index contributed by atoms with van der Waals surface area (Å²) in [6.07, 6.45) is -0.0349. The van der Waals surface area contributed by atoms with Gasteiger partial charge >= 0.3 is 0 Å². The third kappa shape index (κ3) is 3.71. The zero-order valence-electron chi connectivity index (χ0n) is 7.79. The van der Waals surface area contributed by atoms with Crippen LogP contribution in [-0.4, -0.2) is 11.7 Å². The molecule has 0 bridgehead atoms. The van der Waals surface area contributed by atoms with Crippen molar-refractivity contribution in [2.24, 2.45) is 5.73 Å². The SMILES string of the molecule is N=C(N)CC(=O)NCc1ccccc1. The van der Waals surface area contributed by atoms with Crippen LogP contribution in [0.1, 0.15) is 12.0 Å². The van der Waals surface area contributed by atoms with Gasteiger partial charge in [0.15, 0.2) is 0 Å². The summed E-state index contributed by atoms with van der Waals surface area (Å²) in [6, 6.07) is 9.59. The minimum atomic E-state index is -0.221. The number of carbonyl (C=O) groups excluding carboxylic acids is 1. The first-order valence-corrected chi connectivity index (χ1v) is 4.32. The number of amidine groups is 1. The van der Waals surface area contributed by atoms with E-state index in [1.165, 1.54) is 0 Å². The smallest absolute Gasteiger partial charge is 0.227 e. The van der Waals surface area contributed by atoms with Gasteiger partial charge in [0, 0.05) is 6.54 Å². The molecule has 1 rings (SSSR count). The molecule has 14 heavy (non-hydrogen) atoms. The molecule has 0 unspecified atom stereocenters. The van der Waals surface area contributed by atoms with Crippen molar-refractivity contribution in [3.05, 3.63) is 35.9 Å². The average Bonchev–Trinajstić information content (AvgIpc) is 2.15. The molecule has 1 aromatic rings. The minimum Gasteiger partial charge on any atom is -0.387 e. The molecular formula is C10H13N3O. The Kier molecular flexibility index (Phi) is 3.67. The van der Waals surface area contributed by atoms with Gasteiger partial charge in [-0.15, -0.1) is 0 Å². The Morgan fingerprint density at radius 3 is 2.57 bits per heavy atom. The molecule has 0 aliphatic carbocycles. The largest absolute Gasteiger partial charge is 0.387 e. The third-order valence-corrected chi connectivity index (χ3v) is 1.68. The van der Waals surface area contributed by atoms with Crippen molar-refractivity contribution >= 4 is 11.7 Å². The number of hydrogen-bond acceptors (Lipinski definition) is 2. The van der Waals surface area contributed by atoms with Crippen molar-refractivity contribution in [2.75, 3.05) is 0 Å². The molecule has 0 radical (unpaired) electrons. The van der Waals surface area contributed by atoms with E-state index in [1.54, 1.807) is 0 Å². The van der Waals surface area contributed by atoms with Gasteiger partial charge < -0.3 is 11.1 Å². The molecule has 0 atom stereocenters. The molecule has 0 saturated heterocycles. The van der Waals surface area contributed by atoms with Gasteiger partial charge in [-0.1, -0.05) is 30.3 Å². The quantitative estimate of drug-likeness (QED) is 0.482. The number of nitrogens with two attached hydrogens (primary N) is 1. The lowest BCUT2D eigenvalue weighted by atomic mass is 10.2. The first-order valence-electron chi connectivity index (χ1n) is 4.32. The molecule has 1 amide bonds. The van der Waals surface area contributed by atoms with Gasteiger partial charge in [-0.25, -0.2) is 0 Å². The molecule has 0 spiro atoms. The number of amides is 1. The highest BCUT2D eigenvalue weighted by molar-refractivity contribution is 5.97. The van der Waals surface area contributed by atoms with Gasteiger partial charge in [-0.3, -0.25) is 10.2 Å². The summed E-state index contributed by atoms with van der Waals surface area (Å²) in [5.41, 5.74) is 6.12. The predicted molar refractivity (Wildman–Crippen MR) is 54.8 cm³/mol. The fourth-order valence-corrected chi connectivity index (χ4v) is 1.03. The Hall–Kier alpha value is -1.84. The van der Waals surface area contributed by atoms with Gasteiger partial charge in [0.25, 0.3) is 0 Å². The molecule has 74 valence electrons. The molecule has 0 heterocycles. The van der Waals surface area contributed by atoms with Crippen molar-refractivity contribution in [2.45, 2.75) is 13.0 Å². The Morgan fingerprint density at radius 1 is 1.36 bits per heavy atom. The second kappa shape index (κ2) is 5.01. The van der Waals surface area contributed by atoms with Crippen LogP contribution in [0.4, 0.5) is 0 Å².